The van der Waals surface area contributed by atoms with Crippen molar-refractivity contribution in [3.05, 3.63) is 52.8 Å². The molecule has 0 aliphatic carbocycles. The van der Waals surface area contributed by atoms with Crippen molar-refractivity contribution < 1.29 is 9.21 Å². The molecule has 3 rings (SSSR count). The third-order valence-corrected chi connectivity index (χ3v) is 3.62. The lowest BCUT2D eigenvalue weighted by atomic mass is 10.2. The molecule has 0 aliphatic rings. The van der Waals surface area contributed by atoms with Crippen molar-refractivity contribution in [3.63, 3.8) is 0 Å². The van der Waals surface area contributed by atoms with E-state index < -0.39 is 0 Å². The lowest BCUT2D eigenvalue weighted by molar-refractivity contribution is 0.102. The van der Waals surface area contributed by atoms with Crippen LogP contribution in [0.15, 0.2) is 45.7 Å². The molecule has 20 heavy (non-hydrogen) atoms. The molecule has 0 spiro atoms. The number of nitrogens with one attached hydrogen (secondary N) is 1. The van der Waals surface area contributed by atoms with E-state index in [1.54, 1.807) is 19.2 Å². The van der Waals surface area contributed by atoms with Gasteiger partial charge in [-0.2, -0.15) is 0 Å². The number of benzene rings is 1. The summed E-state index contributed by atoms with van der Waals surface area (Å²) < 4.78 is 5.96. The van der Waals surface area contributed by atoms with Crippen molar-refractivity contribution in [1.82, 2.24) is 9.97 Å². The monoisotopic (exact) mass is 331 g/mol. The lowest BCUT2D eigenvalue weighted by Gasteiger charge is -2.08. The highest BCUT2D eigenvalue weighted by Crippen LogP contribution is 2.28. The molecule has 0 atom stereocenters. The highest BCUT2D eigenvalue weighted by Gasteiger charge is 2.15. The van der Waals surface area contributed by atoms with Crippen molar-refractivity contribution in [3.8, 4) is 0 Å². The van der Waals surface area contributed by atoms with E-state index in [-0.39, 0.29) is 11.6 Å². The van der Waals surface area contributed by atoms with E-state index in [1.807, 2.05) is 18.2 Å². The number of carbonyl (C=O) groups is 1. The molecule has 0 radical (unpaired) electrons. The van der Waals surface area contributed by atoms with E-state index in [9.17, 15) is 4.79 Å². The van der Waals surface area contributed by atoms with Crippen LogP contribution in [0.25, 0.3) is 10.9 Å². The van der Waals surface area contributed by atoms with E-state index >= 15 is 0 Å². The Morgan fingerprint density at radius 2 is 2.15 bits per heavy atom. The van der Waals surface area contributed by atoms with E-state index in [0.717, 1.165) is 15.4 Å². The van der Waals surface area contributed by atoms with Crippen LogP contribution in [-0.4, -0.2) is 15.9 Å². The molecule has 5 nitrogen and oxygen atoms in total. The second-order valence-electron chi connectivity index (χ2n) is 4.21. The van der Waals surface area contributed by atoms with Gasteiger partial charge in [0.05, 0.1) is 11.2 Å². The highest BCUT2D eigenvalue weighted by molar-refractivity contribution is 9.10. The van der Waals surface area contributed by atoms with Gasteiger partial charge in [-0.25, -0.2) is 4.98 Å². The maximum atomic E-state index is 12.2. The predicted molar refractivity (Wildman–Crippen MR) is 78.6 cm³/mol. The van der Waals surface area contributed by atoms with Gasteiger partial charge in [-0.15, -0.1) is 0 Å². The third kappa shape index (κ3) is 2.18. The number of amides is 1. The summed E-state index contributed by atoms with van der Waals surface area (Å²) in [6.45, 7) is 1.69. The summed E-state index contributed by atoms with van der Waals surface area (Å²) >= 11 is 3.47. The minimum atomic E-state index is -0.314. The van der Waals surface area contributed by atoms with Crippen LogP contribution in [0.5, 0.6) is 0 Å². The van der Waals surface area contributed by atoms with Gasteiger partial charge in [0.2, 0.25) is 0 Å². The number of rotatable bonds is 2. The molecule has 0 saturated carbocycles. The van der Waals surface area contributed by atoms with Gasteiger partial charge in [0.1, 0.15) is 5.76 Å². The van der Waals surface area contributed by atoms with Crippen molar-refractivity contribution in [2.45, 2.75) is 6.92 Å². The molecular formula is C14H10BrN3O2. The van der Waals surface area contributed by atoms with Crippen LogP contribution in [0.2, 0.25) is 0 Å². The molecule has 3 aromatic rings. The fourth-order valence-electron chi connectivity index (χ4n) is 1.94. The van der Waals surface area contributed by atoms with Gasteiger partial charge in [-0.3, -0.25) is 9.78 Å². The Kier molecular flexibility index (Phi) is 3.23. The molecule has 0 unspecified atom stereocenters. The Morgan fingerprint density at radius 1 is 1.30 bits per heavy atom. The SMILES string of the molecule is Cc1ocnc1C(=O)Nc1ccc(Br)c2cccnc12. The number of aryl methyl sites for hydroxylation is 1. The summed E-state index contributed by atoms with van der Waals surface area (Å²) in [4.78, 5) is 20.4. The molecule has 0 fully saturated rings. The number of carbonyl (C=O) groups excluding carboxylic acids is 1. The Balaban J connectivity index is 2.02. The minimum Gasteiger partial charge on any atom is -0.448 e. The molecule has 2 heterocycles. The van der Waals surface area contributed by atoms with Crippen LogP contribution in [0.3, 0.4) is 0 Å². The molecule has 0 saturated heterocycles. The topological polar surface area (TPSA) is 68.0 Å². The zero-order valence-electron chi connectivity index (χ0n) is 10.6. The Bertz CT molecular complexity index is 798. The Labute approximate surface area is 123 Å². The second kappa shape index (κ2) is 5.05. The van der Waals surface area contributed by atoms with Crippen LogP contribution in [-0.2, 0) is 0 Å². The Hall–Kier alpha value is -2.21. The largest absolute Gasteiger partial charge is 0.448 e. The summed E-state index contributed by atoms with van der Waals surface area (Å²) in [5.74, 6) is 0.169. The fraction of sp³-hybridized carbons (Fsp3) is 0.0714. The first kappa shape index (κ1) is 12.8. The van der Waals surface area contributed by atoms with Crippen molar-refractivity contribution in [2.24, 2.45) is 0 Å². The fourth-order valence-corrected chi connectivity index (χ4v) is 2.40. The summed E-state index contributed by atoms with van der Waals surface area (Å²) in [5, 5.41) is 3.74. The van der Waals surface area contributed by atoms with Gasteiger partial charge in [-0.1, -0.05) is 22.0 Å². The molecule has 1 aromatic carbocycles. The van der Waals surface area contributed by atoms with Crippen LogP contribution < -0.4 is 5.32 Å². The number of halogens is 1. The molecule has 0 bridgehead atoms. The lowest BCUT2D eigenvalue weighted by Crippen LogP contribution is -2.14. The van der Waals surface area contributed by atoms with Gasteiger partial charge in [0, 0.05) is 16.1 Å². The second-order valence-corrected chi connectivity index (χ2v) is 5.06. The number of pyridine rings is 1. The number of nitrogens with zero attached hydrogens (tertiary/aromatic N) is 2. The van der Waals surface area contributed by atoms with E-state index in [4.69, 9.17) is 4.42 Å². The van der Waals surface area contributed by atoms with Gasteiger partial charge < -0.3 is 9.73 Å². The van der Waals surface area contributed by atoms with Gasteiger partial charge in [-0.05, 0) is 25.1 Å². The van der Waals surface area contributed by atoms with Gasteiger partial charge in [0.25, 0.3) is 5.91 Å². The third-order valence-electron chi connectivity index (χ3n) is 2.92. The number of oxazole rings is 1. The number of aromatic nitrogens is 2. The van der Waals surface area contributed by atoms with Crippen LogP contribution >= 0.6 is 15.9 Å². The molecule has 0 aliphatic heterocycles. The van der Waals surface area contributed by atoms with Crippen LogP contribution in [0.4, 0.5) is 5.69 Å². The van der Waals surface area contributed by atoms with E-state index in [2.05, 4.69) is 31.2 Å². The van der Waals surface area contributed by atoms with Gasteiger partial charge in [0.15, 0.2) is 12.1 Å². The zero-order chi connectivity index (χ0) is 14.1. The quantitative estimate of drug-likeness (QED) is 0.779. The van der Waals surface area contributed by atoms with E-state index in [0.29, 0.717) is 11.4 Å². The van der Waals surface area contributed by atoms with Gasteiger partial charge >= 0.3 is 0 Å². The average molecular weight is 332 g/mol. The number of hydrogen-bond donors (Lipinski definition) is 1. The smallest absolute Gasteiger partial charge is 0.277 e. The minimum absolute atomic E-state index is 0.275. The highest BCUT2D eigenvalue weighted by atomic mass is 79.9. The first-order valence-corrected chi connectivity index (χ1v) is 6.71. The van der Waals surface area contributed by atoms with Crippen molar-refractivity contribution >= 4 is 38.4 Å². The molecule has 100 valence electrons. The zero-order valence-corrected chi connectivity index (χ0v) is 12.1. The van der Waals surface area contributed by atoms with Crippen LogP contribution in [0.1, 0.15) is 16.2 Å². The van der Waals surface area contributed by atoms with Crippen molar-refractivity contribution in [2.75, 3.05) is 5.32 Å². The van der Waals surface area contributed by atoms with Crippen LogP contribution in [0, 0.1) is 6.92 Å². The van der Waals surface area contributed by atoms with E-state index in [1.165, 1.54) is 6.39 Å². The number of hydrogen-bond acceptors (Lipinski definition) is 4. The van der Waals surface area contributed by atoms with Crippen molar-refractivity contribution in [1.29, 1.82) is 0 Å². The first-order chi connectivity index (χ1) is 9.66. The first-order valence-electron chi connectivity index (χ1n) is 5.91. The normalized spacial score (nSPS) is 10.7. The summed E-state index contributed by atoms with van der Waals surface area (Å²) in [5.41, 5.74) is 1.63. The number of anilines is 1. The molecule has 6 heteroatoms. The Morgan fingerprint density at radius 3 is 2.90 bits per heavy atom. The predicted octanol–water partition coefficient (Wildman–Crippen LogP) is 3.55. The maximum Gasteiger partial charge on any atom is 0.277 e. The molecule has 2 aromatic heterocycles. The summed E-state index contributed by atoms with van der Waals surface area (Å²) in [7, 11) is 0. The average Bonchev–Trinajstić information content (AvgIpc) is 2.88. The maximum absolute atomic E-state index is 12.2. The molecule has 1 N–H and O–H groups in total. The molecular weight excluding hydrogens is 322 g/mol. The standard InChI is InChI=1S/C14H10BrN3O2/c1-8-12(17-7-20-8)14(19)18-11-5-4-10(15)9-3-2-6-16-13(9)11/h2-7H,1H3,(H,18,19). The molecule has 1 amide bonds. The number of fused-ring (bicyclic) bond motifs is 1. The summed E-state index contributed by atoms with van der Waals surface area (Å²) in [6.07, 6.45) is 2.94. The summed E-state index contributed by atoms with van der Waals surface area (Å²) in [6, 6.07) is 7.45.